The van der Waals surface area contributed by atoms with Crippen LogP contribution in [-0.2, 0) is 0 Å². The van der Waals surface area contributed by atoms with E-state index in [0.717, 1.165) is 18.4 Å². The zero-order chi connectivity index (χ0) is 13.2. The molecule has 0 radical (unpaired) electrons. The lowest BCUT2D eigenvalue weighted by molar-refractivity contribution is 0.0696. The van der Waals surface area contributed by atoms with E-state index < -0.39 is 5.97 Å². The summed E-state index contributed by atoms with van der Waals surface area (Å²) < 4.78 is 5.71. The Morgan fingerprint density at radius 1 is 1.56 bits per heavy atom. The van der Waals surface area contributed by atoms with E-state index in [2.05, 4.69) is 6.07 Å². The third-order valence-electron chi connectivity index (χ3n) is 3.37. The van der Waals surface area contributed by atoms with Gasteiger partial charge >= 0.3 is 5.97 Å². The molecule has 1 aliphatic carbocycles. The largest absolute Gasteiger partial charge is 0.493 e. The van der Waals surface area contributed by atoms with Crippen LogP contribution in [0.1, 0.15) is 35.2 Å². The monoisotopic (exact) mass is 245 g/mol. The molecule has 1 fully saturated rings. The second-order valence-electron chi connectivity index (χ2n) is 4.91. The van der Waals surface area contributed by atoms with Crippen LogP contribution in [0.25, 0.3) is 0 Å². The van der Waals surface area contributed by atoms with E-state index in [4.69, 9.17) is 15.1 Å². The van der Waals surface area contributed by atoms with Gasteiger partial charge in [-0.25, -0.2) is 4.79 Å². The van der Waals surface area contributed by atoms with Crippen LogP contribution in [0.3, 0.4) is 0 Å². The van der Waals surface area contributed by atoms with Gasteiger partial charge in [-0.05, 0) is 43.5 Å². The Balaban J connectivity index is 2.02. The maximum atomic E-state index is 10.8. The van der Waals surface area contributed by atoms with Crippen LogP contribution in [0.5, 0.6) is 5.75 Å². The third kappa shape index (κ3) is 2.62. The topological polar surface area (TPSA) is 70.3 Å². The van der Waals surface area contributed by atoms with Gasteiger partial charge in [-0.3, -0.25) is 0 Å². The average Bonchev–Trinajstić information content (AvgIpc) is 3.08. The van der Waals surface area contributed by atoms with Gasteiger partial charge in [0.2, 0.25) is 0 Å². The predicted octanol–water partition coefficient (Wildman–Crippen LogP) is 2.77. The second kappa shape index (κ2) is 4.69. The maximum absolute atomic E-state index is 10.8. The summed E-state index contributed by atoms with van der Waals surface area (Å²) in [5.74, 6) is -0.239. The minimum atomic E-state index is -0.937. The SMILES string of the molecule is Cc1cc(C(=O)O)ccc1OCC1(CC#N)CC1. The lowest BCUT2D eigenvalue weighted by atomic mass is 10.1. The number of aromatic carboxylic acids is 1. The van der Waals surface area contributed by atoms with Crippen molar-refractivity contribution in [1.82, 2.24) is 0 Å². The quantitative estimate of drug-likeness (QED) is 0.865. The number of benzene rings is 1. The van der Waals surface area contributed by atoms with E-state index in [9.17, 15) is 4.79 Å². The first-order chi connectivity index (χ1) is 8.56. The molecule has 0 atom stereocenters. The van der Waals surface area contributed by atoms with Gasteiger partial charge in [0.05, 0.1) is 18.2 Å². The summed E-state index contributed by atoms with van der Waals surface area (Å²) >= 11 is 0. The maximum Gasteiger partial charge on any atom is 0.335 e. The summed E-state index contributed by atoms with van der Waals surface area (Å²) in [6.07, 6.45) is 2.60. The summed E-state index contributed by atoms with van der Waals surface area (Å²) in [4.78, 5) is 10.8. The van der Waals surface area contributed by atoms with Crippen molar-refractivity contribution in [2.24, 2.45) is 5.41 Å². The summed E-state index contributed by atoms with van der Waals surface area (Å²) in [5.41, 5.74) is 1.10. The van der Waals surface area contributed by atoms with Crippen LogP contribution in [-0.4, -0.2) is 17.7 Å². The second-order valence-corrected chi connectivity index (χ2v) is 4.91. The van der Waals surface area contributed by atoms with Gasteiger partial charge in [0, 0.05) is 11.8 Å². The van der Waals surface area contributed by atoms with Gasteiger partial charge in [0.15, 0.2) is 0 Å². The van der Waals surface area contributed by atoms with Gasteiger partial charge in [0.25, 0.3) is 0 Å². The highest BCUT2D eigenvalue weighted by molar-refractivity contribution is 5.88. The summed E-state index contributed by atoms with van der Waals surface area (Å²) in [7, 11) is 0. The molecule has 1 aromatic carbocycles. The predicted molar refractivity (Wildman–Crippen MR) is 65.5 cm³/mol. The first-order valence-corrected chi connectivity index (χ1v) is 5.90. The van der Waals surface area contributed by atoms with Crippen molar-refractivity contribution in [2.75, 3.05) is 6.61 Å². The van der Waals surface area contributed by atoms with Gasteiger partial charge < -0.3 is 9.84 Å². The van der Waals surface area contributed by atoms with E-state index in [0.29, 0.717) is 18.8 Å². The molecule has 1 aromatic rings. The molecule has 0 aromatic heterocycles. The Hall–Kier alpha value is -2.02. The lowest BCUT2D eigenvalue weighted by Crippen LogP contribution is -2.13. The molecule has 0 unspecified atom stereocenters. The van der Waals surface area contributed by atoms with Gasteiger partial charge in [-0.15, -0.1) is 0 Å². The van der Waals surface area contributed by atoms with E-state index in [1.165, 1.54) is 6.07 Å². The molecule has 1 N–H and O–H groups in total. The molecule has 1 saturated carbocycles. The molecule has 0 saturated heterocycles. The molecule has 0 bridgehead atoms. The number of carboxylic acids is 1. The van der Waals surface area contributed by atoms with Crippen molar-refractivity contribution < 1.29 is 14.6 Å². The fourth-order valence-electron chi connectivity index (χ4n) is 1.89. The van der Waals surface area contributed by atoms with Gasteiger partial charge in [-0.2, -0.15) is 5.26 Å². The van der Waals surface area contributed by atoms with Crippen LogP contribution in [0.4, 0.5) is 0 Å². The normalized spacial score (nSPS) is 15.8. The molecular weight excluding hydrogens is 230 g/mol. The van der Waals surface area contributed by atoms with Crippen LogP contribution >= 0.6 is 0 Å². The van der Waals surface area contributed by atoms with Crippen LogP contribution < -0.4 is 4.74 Å². The number of carbonyl (C=O) groups is 1. The molecule has 0 amide bonds. The number of carboxylic acid groups (broad SMARTS) is 1. The van der Waals surface area contributed by atoms with Crippen LogP contribution in [0, 0.1) is 23.7 Å². The minimum Gasteiger partial charge on any atom is -0.493 e. The molecule has 2 rings (SSSR count). The molecule has 1 aliphatic rings. The molecule has 4 heteroatoms. The molecular formula is C14H15NO3. The molecule has 94 valence electrons. The highest BCUT2D eigenvalue weighted by Gasteiger charge is 2.43. The van der Waals surface area contributed by atoms with E-state index >= 15 is 0 Å². The first kappa shape index (κ1) is 12.4. The number of hydrogen-bond acceptors (Lipinski definition) is 3. The number of nitriles is 1. The Kier molecular flexibility index (Phi) is 3.24. The number of nitrogens with zero attached hydrogens (tertiary/aromatic N) is 1. The Labute approximate surface area is 106 Å². The smallest absolute Gasteiger partial charge is 0.335 e. The van der Waals surface area contributed by atoms with Crippen molar-refractivity contribution in [2.45, 2.75) is 26.2 Å². The molecule has 0 spiro atoms. The number of aryl methyl sites for hydroxylation is 1. The highest BCUT2D eigenvalue weighted by atomic mass is 16.5. The van der Waals surface area contributed by atoms with Gasteiger partial charge in [-0.1, -0.05) is 0 Å². The van der Waals surface area contributed by atoms with Crippen LogP contribution in [0.15, 0.2) is 18.2 Å². The Morgan fingerprint density at radius 3 is 2.78 bits per heavy atom. The number of hydrogen-bond donors (Lipinski definition) is 1. The third-order valence-corrected chi connectivity index (χ3v) is 3.37. The Morgan fingerprint density at radius 2 is 2.28 bits per heavy atom. The molecule has 18 heavy (non-hydrogen) atoms. The summed E-state index contributed by atoms with van der Waals surface area (Å²) in [5, 5.41) is 17.6. The molecule has 0 heterocycles. The lowest BCUT2D eigenvalue weighted by Gasteiger charge is -2.14. The standard InChI is InChI=1S/C14H15NO3/c1-10-8-11(13(16)17)2-3-12(10)18-9-14(4-5-14)6-7-15/h2-3,8H,4-6,9H2,1H3,(H,16,17). The Bertz CT molecular complexity index is 512. The summed E-state index contributed by atoms with van der Waals surface area (Å²) in [6.45, 7) is 2.36. The zero-order valence-corrected chi connectivity index (χ0v) is 10.3. The molecule has 0 aliphatic heterocycles. The average molecular weight is 245 g/mol. The fourth-order valence-corrected chi connectivity index (χ4v) is 1.89. The first-order valence-electron chi connectivity index (χ1n) is 5.90. The van der Waals surface area contributed by atoms with Crippen molar-refractivity contribution in [1.29, 1.82) is 5.26 Å². The van der Waals surface area contributed by atoms with E-state index in [1.807, 2.05) is 6.92 Å². The summed E-state index contributed by atoms with van der Waals surface area (Å²) in [6, 6.07) is 7.00. The van der Waals surface area contributed by atoms with Crippen molar-refractivity contribution >= 4 is 5.97 Å². The van der Waals surface area contributed by atoms with Gasteiger partial charge in [0.1, 0.15) is 5.75 Å². The minimum absolute atomic E-state index is 0.0344. The number of rotatable bonds is 5. The van der Waals surface area contributed by atoms with Crippen molar-refractivity contribution in [3.63, 3.8) is 0 Å². The van der Waals surface area contributed by atoms with Crippen LogP contribution in [0.2, 0.25) is 0 Å². The highest BCUT2D eigenvalue weighted by Crippen LogP contribution is 2.48. The van der Waals surface area contributed by atoms with E-state index in [1.54, 1.807) is 12.1 Å². The molecule has 4 nitrogen and oxygen atoms in total. The van der Waals surface area contributed by atoms with E-state index in [-0.39, 0.29) is 11.0 Å². The zero-order valence-electron chi connectivity index (χ0n) is 10.3. The van der Waals surface area contributed by atoms with Crippen molar-refractivity contribution in [3.05, 3.63) is 29.3 Å². The fraction of sp³-hybridized carbons (Fsp3) is 0.429. The number of ether oxygens (including phenoxy) is 1. The van der Waals surface area contributed by atoms with Crippen molar-refractivity contribution in [3.8, 4) is 11.8 Å².